The minimum absolute atomic E-state index is 0.153. The largest absolute Gasteiger partial charge is 0.493 e. The van der Waals surface area contributed by atoms with Crippen LogP contribution in [0.4, 0.5) is 8.78 Å². The molecule has 0 aromatic heterocycles. The standard InChI is InChI=1S/C39H40F2N2O6/c40-30-5-1-24(2-6-30)32-9-11-42-18-28(32)20-44-34-16-38-36(46-22-48-38)14-26(34)13-27-15-37-39(49-23-47-37)17-35(27)45-21-29-19-43-12-10-33(29)25-3-7-31(41)8-4-25/h1-8,14-17,28-29,32-33,42-43H,9-13,18-23H2/t28-,29+,32-,33-/m1/s1. The summed E-state index contributed by atoms with van der Waals surface area (Å²) in [6.45, 7) is 4.68. The third-order valence-electron chi connectivity index (χ3n) is 10.2. The predicted octanol–water partition coefficient (Wildman–Crippen LogP) is 6.56. The number of hydrogen-bond donors (Lipinski definition) is 2. The molecule has 2 saturated heterocycles. The Labute approximate surface area is 284 Å². The van der Waals surface area contributed by atoms with Crippen LogP contribution in [0, 0.1) is 23.5 Å². The zero-order valence-corrected chi connectivity index (χ0v) is 27.2. The summed E-state index contributed by atoms with van der Waals surface area (Å²) < 4.78 is 63.7. The van der Waals surface area contributed by atoms with Crippen LogP contribution in [0.1, 0.15) is 46.9 Å². The van der Waals surface area contributed by atoms with E-state index in [-0.39, 0.29) is 48.9 Å². The highest BCUT2D eigenvalue weighted by Crippen LogP contribution is 2.44. The number of halogens is 2. The van der Waals surface area contributed by atoms with Crippen LogP contribution in [0.2, 0.25) is 0 Å². The summed E-state index contributed by atoms with van der Waals surface area (Å²) in [5.74, 6) is 4.49. The molecule has 256 valence electrons. The van der Waals surface area contributed by atoms with E-state index in [2.05, 4.69) is 10.6 Å². The van der Waals surface area contributed by atoms with Crippen molar-refractivity contribution in [2.75, 3.05) is 53.0 Å². The van der Waals surface area contributed by atoms with E-state index in [0.717, 1.165) is 61.3 Å². The van der Waals surface area contributed by atoms with Crippen LogP contribution in [0.15, 0.2) is 72.8 Å². The van der Waals surface area contributed by atoms with E-state index >= 15 is 0 Å². The lowest BCUT2D eigenvalue weighted by Gasteiger charge is -2.33. The first-order valence-electron chi connectivity index (χ1n) is 17.1. The molecule has 8 rings (SSSR count). The molecule has 0 saturated carbocycles. The molecule has 0 amide bonds. The van der Waals surface area contributed by atoms with Gasteiger partial charge in [-0.1, -0.05) is 24.3 Å². The van der Waals surface area contributed by atoms with Gasteiger partial charge in [-0.15, -0.1) is 0 Å². The number of rotatable bonds is 10. The number of piperidine rings is 2. The van der Waals surface area contributed by atoms with E-state index < -0.39 is 0 Å². The Morgan fingerprint density at radius 3 is 1.41 bits per heavy atom. The third kappa shape index (κ3) is 6.98. The van der Waals surface area contributed by atoms with E-state index in [1.807, 2.05) is 48.5 Å². The highest BCUT2D eigenvalue weighted by Gasteiger charge is 2.30. The van der Waals surface area contributed by atoms with Crippen LogP contribution in [-0.2, 0) is 6.42 Å². The second kappa shape index (κ2) is 14.1. The zero-order chi connectivity index (χ0) is 33.2. The maximum Gasteiger partial charge on any atom is 0.231 e. The summed E-state index contributed by atoms with van der Waals surface area (Å²) in [7, 11) is 0. The normalized spacial score (nSPS) is 22.6. The van der Waals surface area contributed by atoms with Gasteiger partial charge in [-0.2, -0.15) is 0 Å². The summed E-state index contributed by atoms with van der Waals surface area (Å²) in [6, 6.07) is 21.5. The van der Waals surface area contributed by atoms with Crippen molar-refractivity contribution in [1.29, 1.82) is 0 Å². The van der Waals surface area contributed by atoms with Crippen molar-refractivity contribution < 1.29 is 37.2 Å². The van der Waals surface area contributed by atoms with Gasteiger partial charge in [0.1, 0.15) is 23.1 Å². The maximum absolute atomic E-state index is 13.7. The van der Waals surface area contributed by atoms with E-state index in [1.165, 1.54) is 24.3 Å². The van der Waals surface area contributed by atoms with Gasteiger partial charge in [-0.3, -0.25) is 0 Å². The van der Waals surface area contributed by atoms with Gasteiger partial charge in [-0.05, 0) is 85.3 Å². The van der Waals surface area contributed by atoms with Crippen molar-refractivity contribution >= 4 is 0 Å². The minimum Gasteiger partial charge on any atom is -0.493 e. The van der Waals surface area contributed by atoms with Crippen LogP contribution in [0.25, 0.3) is 0 Å². The van der Waals surface area contributed by atoms with Gasteiger partial charge in [0.05, 0.1) is 13.2 Å². The lowest BCUT2D eigenvalue weighted by Crippen LogP contribution is -2.38. The Morgan fingerprint density at radius 2 is 0.980 bits per heavy atom. The molecular formula is C39H40F2N2O6. The first kappa shape index (κ1) is 31.7. The Morgan fingerprint density at radius 1 is 0.571 bits per heavy atom. The zero-order valence-electron chi connectivity index (χ0n) is 27.2. The molecule has 0 aliphatic carbocycles. The van der Waals surface area contributed by atoms with Crippen LogP contribution in [0.3, 0.4) is 0 Å². The molecule has 0 bridgehead atoms. The van der Waals surface area contributed by atoms with Crippen molar-refractivity contribution in [2.45, 2.75) is 31.1 Å². The summed E-state index contributed by atoms with van der Waals surface area (Å²) >= 11 is 0. The Bertz CT molecular complexity index is 1640. The molecule has 0 unspecified atom stereocenters. The van der Waals surface area contributed by atoms with E-state index in [0.29, 0.717) is 54.1 Å². The second-order valence-corrected chi connectivity index (χ2v) is 13.2. The molecule has 49 heavy (non-hydrogen) atoms. The molecule has 4 aromatic rings. The maximum atomic E-state index is 13.7. The van der Waals surface area contributed by atoms with Gasteiger partial charge < -0.3 is 39.1 Å². The Balaban J connectivity index is 1.04. The molecule has 2 fully saturated rings. The molecule has 4 atom stereocenters. The number of nitrogens with one attached hydrogen (secondary N) is 2. The first-order chi connectivity index (χ1) is 24.1. The molecule has 4 aliphatic rings. The Hall–Kier alpha value is -4.54. The van der Waals surface area contributed by atoms with Crippen LogP contribution in [-0.4, -0.2) is 53.0 Å². The fraction of sp³-hybridized carbons (Fsp3) is 0.385. The van der Waals surface area contributed by atoms with Crippen molar-refractivity contribution in [3.63, 3.8) is 0 Å². The average molecular weight is 671 g/mol. The van der Waals surface area contributed by atoms with Gasteiger partial charge in [-0.25, -0.2) is 8.78 Å². The van der Waals surface area contributed by atoms with Gasteiger partial charge in [0.15, 0.2) is 23.0 Å². The average Bonchev–Trinajstić information content (AvgIpc) is 3.79. The lowest BCUT2D eigenvalue weighted by atomic mass is 9.81. The van der Waals surface area contributed by atoms with Crippen molar-refractivity contribution in [1.82, 2.24) is 10.6 Å². The summed E-state index contributed by atoms with van der Waals surface area (Å²) in [4.78, 5) is 0. The number of fused-ring (bicyclic) bond motifs is 2. The second-order valence-electron chi connectivity index (χ2n) is 13.2. The fourth-order valence-corrected chi connectivity index (χ4v) is 7.57. The molecule has 10 heteroatoms. The SMILES string of the molecule is Fc1ccc([C@H]2CCNC[C@@H]2COc2cc3c(cc2Cc2cc4c(cc2OC[C@@H]2CNCC[C@@H]2c2ccc(F)cc2)OCO4)OCO3)cc1. The van der Waals surface area contributed by atoms with Crippen LogP contribution >= 0.6 is 0 Å². The molecule has 4 aromatic carbocycles. The topological polar surface area (TPSA) is 79.4 Å². The number of hydrogen-bond acceptors (Lipinski definition) is 8. The highest BCUT2D eigenvalue weighted by atomic mass is 19.1. The van der Waals surface area contributed by atoms with E-state index in [1.54, 1.807) is 0 Å². The molecule has 0 spiro atoms. The quantitative estimate of drug-likeness (QED) is 0.197. The highest BCUT2D eigenvalue weighted by molar-refractivity contribution is 5.57. The molecule has 4 heterocycles. The molecular weight excluding hydrogens is 630 g/mol. The van der Waals surface area contributed by atoms with Gasteiger partial charge >= 0.3 is 0 Å². The molecule has 2 N–H and O–H groups in total. The van der Waals surface area contributed by atoms with E-state index in [4.69, 9.17) is 28.4 Å². The van der Waals surface area contributed by atoms with Gasteiger partial charge in [0.2, 0.25) is 13.6 Å². The molecule has 8 nitrogen and oxygen atoms in total. The number of benzene rings is 4. The summed E-state index contributed by atoms with van der Waals surface area (Å²) in [5, 5.41) is 7.01. The van der Waals surface area contributed by atoms with Crippen molar-refractivity contribution in [3.05, 3.63) is 107 Å². The third-order valence-corrected chi connectivity index (χ3v) is 10.2. The smallest absolute Gasteiger partial charge is 0.231 e. The minimum atomic E-state index is -0.231. The van der Waals surface area contributed by atoms with Gasteiger partial charge in [0, 0.05) is 54.6 Å². The van der Waals surface area contributed by atoms with E-state index in [9.17, 15) is 8.78 Å². The monoisotopic (exact) mass is 670 g/mol. The summed E-state index contributed by atoms with van der Waals surface area (Å²) in [5.41, 5.74) is 4.11. The lowest BCUT2D eigenvalue weighted by molar-refractivity contribution is 0.173. The first-order valence-corrected chi connectivity index (χ1v) is 17.1. The van der Waals surface area contributed by atoms with Crippen LogP contribution in [0.5, 0.6) is 34.5 Å². The summed E-state index contributed by atoms with van der Waals surface area (Å²) in [6.07, 6.45) is 2.39. The predicted molar refractivity (Wildman–Crippen MR) is 179 cm³/mol. The van der Waals surface area contributed by atoms with Crippen molar-refractivity contribution in [3.8, 4) is 34.5 Å². The number of ether oxygens (including phenoxy) is 6. The van der Waals surface area contributed by atoms with Gasteiger partial charge in [0.25, 0.3) is 0 Å². The van der Waals surface area contributed by atoms with Crippen molar-refractivity contribution in [2.24, 2.45) is 11.8 Å². The fourth-order valence-electron chi connectivity index (χ4n) is 7.57. The molecule has 0 radical (unpaired) electrons. The Kier molecular flexibility index (Phi) is 9.15. The molecule has 4 aliphatic heterocycles. The van der Waals surface area contributed by atoms with Crippen LogP contribution < -0.4 is 39.1 Å².